The van der Waals surface area contributed by atoms with Crippen molar-refractivity contribution < 1.29 is 63.0 Å². The van der Waals surface area contributed by atoms with E-state index in [1.54, 1.807) is 95.4 Å². The number of hydrogen-bond acceptors (Lipinski definition) is 15. The summed E-state index contributed by atoms with van der Waals surface area (Å²) in [4.78, 5) is 154. The largest absolute Gasteiger partial charge is 0.480 e. The number of carbonyl (C=O) groups excluding carboxylic acids is 10. The third-order valence-corrected chi connectivity index (χ3v) is 14.2. The number of nitrogens with one attached hydrogen (secondary N) is 14. The lowest BCUT2D eigenvalue weighted by atomic mass is 9.86. The van der Waals surface area contributed by atoms with Gasteiger partial charge in [-0.2, -0.15) is 12.6 Å². The summed E-state index contributed by atoms with van der Waals surface area (Å²) in [6.07, 6.45) is -0.895. The number of H-pyrrole nitrogens is 1. The zero-order valence-corrected chi connectivity index (χ0v) is 52.1. The molecule has 0 aliphatic rings. The maximum Gasteiger partial charge on any atom is 0.326 e. The number of amides is 10. The normalized spacial score (nSPS) is 14.6. The number of fused-ring (bicyclic) bond motifs is 1. The van der Waals surface area contributed by atoms with Crippen LogP contribution in [0, 0.1) is 22.2 Å². The number of nitrogens with two attached hydrogens (primary N) is 3. The number of aliphatic hydroxyl groups excluding tert-OH is 1. The number of aromatic amines is 1. The number of carboxylic acids is 1. The van der Waals surface area contributed by atoms with E-state index in [-0.39, 0.29) is 75.9 Å². The highest BCUT2D eigenvalue weighted by Gasteiger charge is 2.39. The lowest BCUT2D eigenvalue weighted by Gasteiger charge is -2.31. The van der Waals surface area contributed by atoms with Gasteiger partial charge in [-0.25, -0.2) is 4.79 Å². The van der Waals surface area contributed by atoms with Crippen molar-refractivity contribution in [2.24, 2.45) is 28.5 Å². The molecule has 1 aromatic heterocycles. The maximum atomic E-state index is 14.9. The summed E-state index contributed by atoms with van der Waals surface area (Å²) in [6.45, 7) is 11.0. The number of guanidine groups is 2. The Morgan fingerprint density at radius 2 is 1.02 bits per heavy atom. The molecule has 0 bridgehead atoms. The molecule has 3 aromatic rings. The second kappa shape index (κ2) is 36.3. The van der Waals surface area contributed by atoms with E-state index in [1.807, 2.05) is 0 Å². The number of aromatic nitrogens is 1. The molecule has 2 aromatic carbocycles. The van der Waals surface area contributed by atoms with E-state index in [9.17, 15) is 63.0 Å². The molecule has 31 heteroatoms. The van der Waals surface area contributed by atoms with E-state index in [1.165, 1.54) is 13.8 Å². The minimum absolute atomic E-state index is 0.0261. The van der Waals surface area contributed by atoms with Crippen molar-refractivity contribution in [1.29, 1.82) is 10.8 Å². The predicted molar refractivity (Wildman–Crippen MR) is 334 cm³/mol. The van der Waals surface area contributed by atoms with E-state index >= 15 is 0 Å². The lowest BCUT2D eigenvalue weighted by molar-refractivity contribution is -0.145. The van der Waals surface area contributed by atoms with Crippen LogP contribution in [0.4, 0.5) is 0 Å². The van der Waals surface area contributed by atoms with Crippen molar-refractivity contribution in [2.75, 3.05) is 18.8 Å². The number of benzene rings is 2. The SMILES string of the molecule is CC(=O)N[C@@H](CCCNC(=N)N)C(=O)N[C@@H](CCCNC(=N)N)C(=O)N[C@@H](Cc1ccccc1)C(=O)N[C@@H](Cc1c[nH]c2ccccc12)C(=O)N[C@@H](CCC(N)=O)C(=O)N[C@@H](CS)C(=O)N[C@H](C(=O)N[C@@H](CC(C)C)C(=O)N[C@H](C(=O)O)C(C)(C)C)[C@@H](C)O. The van der Waals surface area contributed by atoms with Gasteiger partial charge >= 0.3 is 5.97 Å². The number of carboxylic acid groups (broad SMARTS) is 1. The summed E-state index contributed by atoms with van der Waals surface area (Å²) < 4.78 is 0. The fourth-order valence-corrected chi connectivity index (χ4v) is 9.51. The zero-order valence-electron chi connectivity index (χ0n) is 51.2. The smallest absolute Gasteiger partial charge is 0.326 e. The first-order valence-electron chi connectivity index (χ1n) is 29.1. The number of primary amides is 1. The first kappa shape index (κ1) is 74.3. The summed E-state index contributed by atoms with van der Waals surface area (Å²) in [6, 6.07) is 2.31. The molecule has 89 heavy (non-hydrogen) atoms. The minimum Gasteiger partial charge on any atom is -0.480 e. The fourth-order valence-electron chi connectivity index (χ4n) is 9.26. The Morgan fingerprint density at radius 1 is 0.573 bits per heavy atom. The van der Waals surface area contributed by atoms with Crippen LogP contribution in [0.2, 0.25) is 0 Å². The van der Waals surface area contributed by atoms with Crippen LogP contribution in [0.1, 0.15) is 105 Å². The van der Waals surface area contributed by atoms with Crippen LogP contribution in [-0.4, -0.2) is 171 Å². The van der Waals surface area contributed by atoms with Crippen LogP contribution >= 0.6 is 12.6 Å². The Balaban J connectivity index is 2.02. The Bertz CT molecular complexity index is 2960. The van der Waals surface area contributed by atoms with Gasteiger partial charge < -0.3 is 90.9 Å². The quantitative estimate of drug-likeness (QED) is 0.0124. The van der Waals surface area contributed by atoms with Crippen molar-refractivity contribution in [3.8, 4) is 0 Å². The molecular weight excluding hydrogens is 1170 g/mol. The van der Waals surface area contributed by atoms with E-state index < -0.39 is 150 Å². The van der Waals surface area contributed by atoms with E-state index in [4.69, 9.17) is 28.0 Å². The number of aliphatic carboxylic acids is 1. The molecule has 0 aliphatic carbocycles. The highest BCUT2D eigenvalue weighted by atomic mass is 32.1. The second-order valence-corrected chi connectivity index (χ2v) is 23.4. The van der Waals surface area contributed by atoms with Crippen LogP contribution in [0.3, 0.4) is 0 Å². The van der Waals surface area contributed by atoms with Crippen molar-refractivity contribution in [1.82, 2.24) is 63.5 Å². The van der Waals surface area contributed by atoms with E-state index in [2.05, 4.69) is 76.1 Å². The number of carbonyl (C=O) groups is 11. The molecular formula is C58H89N17O13S. The summed E-state index contributed by atoms with van der Waals surface area (Å²) in [5, 5.41) is 64.6. The van der Waals surface area contributed by atoms with Crippen LogP contribution < -0.4 is 75.7 Å². The van der Waals surface area contributed by atoms with Gasteiger partial charge in [-0.1, -0.05) is 83.1 Å². The molecule has 0 saturated carbocycles. The Morgan fingerprint density at radius 3 is 1.51 bits per heavy atom. The zero-order chi connectivity index (χ0) is 66.7. The van der Waals surface area contributed by atoms with Gasteiger partial charge in [0.1, 0.15) is 54.4 Å². The molecule has 0 spiro atoms. The van der Waals surface area contributed by atoms with Crippen molar-refractivity contribution in [2.45, 2.75) is 167 Å². The van der Waals surface area contributed by atoms with Crippen molar-refractivity contribution >= 4 is 100 Å². The van der Waals surface area contributed by atoms with Crippen molar-refractivity contribution in [3.05, 3.63) is 71.9 Å². The molecule has 10 amide bonds. The maximum absolute atomic E-state index is 14.9. The molecule has 0 radical (unpaired) electrons. The molecule has 0 saturated heterocycles. The number of aliphatic hydroxyl groups is 1. The fraction of sp³-hybridized carbons (Fsp3) is 0.534. The number of para-hydroxylation sites is 1. The first-order valence-corrected chi connectivity index (χ1v) is 29.7. The van der Waals surface area contributed by atoms with Gasteiger partial charge in [0.25, 0.3) is 0 Å². The lowest BCUT2D eigenvalue weighted by Crippen LogP contribution is -2.62. The highest BCUT2D eigenvalue weighted by Crippen LogP contribution is 2.22. The standard InChI is InChI=1S/C58H89N17O13S/c1-30(2)25-40(52(84)75-46(55(87)88)58(5,6)7)72-54(86)45(31(3)76)74-53(85)43(29-89)73-49(81)39(21-22-44(59)78)69-51(83)42(27-34-28-66-36-18-12-11-17-35(34)36)71-50(82)41(26-33-15-9-8-10-16-33)70-48(80)38(20-14-24-65-57(62)63)68-47(79)37(67-32(4)77)19-13-23-64-56(60)61/h8-12,15-18,28,30-31,37-43,45-46,66,76,89H,13-14,19-27,29H2,1-7H3,(H2,59,78)(H,67,77)(H,68,79)(H,69,83)(H,70,80)(H,71,82)(H,72,86)(H,73,81)(H,74,85)(H,75,84)(H,87,88)(H4,60,61,64)(H4,62,63,65)/t31-,37+,38+,39+,40+,41+,42+,43+,45+,46-/m1/s1. The number of thiol groups is 1. The van der Waals surface area contributed by atoms with E-state index in [0.717, 1.165) is 0 Å². The van der Waals surface area contributed by atoms with Crippen molar-refractivity contribution in [3.63, 3.8) is 0 Å². The summed E-state index contributed by atoms with van der Waals surface area (Å²) in [7, 11) is 0. The molecule has 3 rings (SSSR count). The van der Waals surface area contributed by atoms with Gasteiger partial charge in [-0.05, 0) is 74.0 Å². The minimum atomic E-state index is -1.75. The van der Waals surface area contributed by atoms with Gasteiger partial charge in [0.05, 0.1) is 6.10 Å². The molecule has 22 N–H and O–H groups in total. The topological polar surface area (TPSA) is 502 Å². The average molecular weight is 1260 g/mol. The van der Waals surface area contributed by atoms with Gasteiger partial charge in [-0.3, -0.25) is 58.8 Å². The molecule has 0 aliphatic heterocycles. The van der Waals surface area contributed by atoms with Crippen LogP contribution in [0.5, 0.6) is 0 Å². The monoisotopic (exact) mass is 1260 g/mol. The molecule has 0 fully saturated rings. The van der Waals surface area contributed by atoms with Crippen LogP contribution in [-0.2, 0) is 65.6 Å². The highest BCUT2D eigenvalue weighted by molar-refractivity contribution is 7.80. The van der Waals surface area contributed by atoms with Gasteiger partial charge in [-0.15, -0.1) is 0 Å². The molecule has 1 heterocycles. The number of rotatable bonds is 37. The predicted octanol–water partition coefficient (Wildman–Crippen LogP) is -2.38. The van der Waals surface area contributed by atoms with Gasteiger partial charge in [0, 0.05) is 62.1 Å². The third kappa shape index (κ3) is 26.1. The van der Waals surface area contributed by atoms with Gasteiger partial charge in [0.2, 0.25) is 59.1 Å². The van der Waals surface area contributed by atoms with Gasteiger partial charge in [0.15, 0.2) is 11.9 Å². The molecule has 10 atom stereocenters. The van der Waals surface area contributed by atoms with E-state index in [0.29, 0.717) is 22.0 Å². The third-order valence-electron chi connectivity index (χ3n) is 13.9. The second-order valence-electron chi connectivity index (χ2n) is 23.0. The molecule has 0 unspecified atom stereocenters. The Kier molecular flexibility index (Phi) is 30.3. The summed E-state index contributed by atoms with van der Waals surface area (Å²) in [5.74, 6) is -11.5. The van der Waals surface area contributed by atoms with Crippen LogP contribution in [0.15, 0.2) is 60.8 Å². The molecule has 30 nitrogen and oxygen atoms in total. The average Bonchev–Trinajstić information content (AvgIpc) is 4.11. The molecule has 490 valence electrons. The summed E-state index contributed by atoms with van der Waals surface area (Å²) >= 11 is 4.25. The number of hydrogen-bond donors (Lipinski definition) is 20. The first-order chi connectivity index (χ1) is 41.8. The Hall–Kier alpha value is -9.00. The Labute approximate surface area is 521 Å². The van der Waals surface area contributed by atoms with Crippen LogP contribution in [0.25, 0.3) is 10.9 Å². The summed E-state index contributed by atoms with van der Waals surface area (Å²) in [5.41, 5.74) is 17.2.